The van der Waals surface area contributed by atoms with E-state index in [1.165, 1.54) is 12.1 Å². The first-order valence-electron chi connectivity index (χ1n) is 6.67. The van der Waals surface area contributed by atoms with Gasteiger partial charge in [-0.15, -0.1) is 0 Å². The van der Waals surface area contributed by atoms with Crippen molar-refractivity contribution in [2.24, 2.45) is 0 Å². The highest BCUT2D eigenvalue weighted by Gasteiger charge is 2.24. The number of nitrogens with one attached hydrogen (secondary N) is 1. The molecule has 0 unspecified atom stereocenters. The second kappa shape index (κ2) is 5.52. The Labute approximate surface area is 127 Å². The SMILES string of the molecule is COc1ccc(OC)c(/C=C2/C(=O)Nc3ccc(F)cc32)c1. The average molecular weight is 299 g/mol. The van der Waals surface area contributed by atoms with E-state index in [4.69, 9.17) is 9.47 Å². The summed E-state index contributed by atoms with van der Waals surface area (Å²) in [5.74, 6) is 0.584. The van der Waals surface area contributed by atoms with Crippen LogP contribution in [0.3, 0.4) is 0 Å². The summed E-state index contributed by atoms with van der Waals surface area (Å²) < 4.78 is 23.9. The molecule has 2 aromatic rings. The van der Waals surface area contributed by atoms with Gasteiger partial charge in [0.05, 0.1) is 14.2 Å². The highest BCUT2D eigenvalue weighted by atomic mass is 19.1. The van der Waals surface area contributed by atoms with Crippen molar-refractivity contribution in [2.75, 3.05) is 19.5 Å². The number of amides is 1. The van der Waals surface area contributed by atoms with Crippen LogP contribution in [0, 0.1) is 5.82 Å². The monoisotopic (exact) mass is 299 g/mol. The van der Waals surface area contributed by atoms with Crippen LogP contribution in [0.5, 0.6) is 11.5 Å². The van der Waals surface area contributed by atoms with E-state index in [1.54, 1.807) is 44.6 Å². The molecule has 1 heterocycles. The molecule has 4 nitrogen and oxygen atoms in total. The van der Waals surface area contributed by atoms with Crippen molar-refractivity contribution >= 4 is 23.2 Å². The summed E-state index contributed by atoms with van der Waals surface area (Å²) in [6.07, 6.45) is 1.67. The lowest BCUT2D eigenvalue weighted by atomic mass is 10.0. The van der Waals surface area contributed by atoms with Gasteiger partial charge >= 0.3 is 0 Å². The molecular weight excluding hydrogens is 285 g/mol. The van der Waals surface area contributed by atoms with E-state index in [1.807, 2.05) is 0 Å². The Bertz CT molecular complexity index is 783. The van der Waals surface area contributed by atoms with E-state index in [0.717, 1.165) is 0 Å². The third-order valence-electron chi connectivity index (χ3n) is 3.50. The number of ether oxygens (including phenoxy) is 2. The van der Waals surface area contributed by atoms with Crippen LogP contribution in [-0.2, 0) is 4.79 Å². The molecular formula is C17H14FNO3. The second-order valence-corrected chi connectivity index (χ2v) is 4.81. The van der Waals surface area contributed by atoms with E-state index in [9.17, 15) is 9.18 Å². The number of hydrogen-bond donors (Lipinski definition) is 1. The molecule has 0 saturated carbocycles. The first-order valence-corrected chi connectivity index (χ1v) is 6.67. The van der Waals surface area contributed by atoms with E-state index >= 15 is 0 Å². The van der Waals surface area contributed by atoms with Crippen LogP contribution in [0.15, 0.2) is 36.4 Å². The molecule has 2 aromatic carbocycles. The number of hydrogen-bond acceptors (Lipinski definition) is 3. The smallest absolute Gasteiger partial charge is 0.256 e. The Hall–Kier alpha value is -2.82. The average Bonchev–Trinajstić information content (AvgIpc) is 2.83. The summed E-state index contributed by atoms with van der Waals surface area (Å²) >= 11 is 0. The van der Waals surface area contributed by atoms with Crippen molar-refractivity contribution < 1.29 is 18.7 Å². The van der Waals surface area contributed by atoms with Crippen LogP contribution in [0.1, 0.15) is 11.1 Å². The minimum Gasteiger partial charge on any atom is -0.497 e. The molecule has 0 fully saturated rings. The van der Waals surface area contributed by atoms with Gasteiger partial charge in [0.2, 0.25) is 0 Å². The Kier molecular flexibility index (Phi) is 3.55. The minimum absolute atomic E-state index is 0.273. The molecule has 0 spiro atoms. The number of rotatable bonds is 3. The molecule has 5 heteroatoms. The Morgan fingerprint density at radius 3 is 2.64 bits per heavy atom. The number of fused-ring (bicyclic) bond motifs is 1. The van der Waals surface area contributed by atoms with Crippen LogP contribution in [0.4, 0.5) is 10.1 Å². The summed E-state index contributed by atoms with van der Waals surface area (Å²) in [4.78, 5) is 12.1. The Morgan fingerprint density at radius 1 is 1.09 bits per heavy atom. The van der Waals surface area contributed by atoms with Crippen LogP contribution in [0.25, 0.3) is 11.6 Å². The van der Waals surface area contributed by atoms with E-state index in [2.05, 4.69) is 5.32 Å². The third-order valence-corrected chi connectivity index (χ3v) is 3.50. The lowest BCUT2D eigenvalue weighted by Crippen LogP contribution is -2.03. The maximum Gasteiger partial charge on any atom is 0.256 e. The molecule has 3 rings (SSSR count). The lowest BCUT2D eigenvalue weighted by molar-refractivity contribution is -0.110. The molecule has 1 amide bonds. The van der Waals surface area contributed by atoms with Crippen LogP contribution in [-0.4, -0.2) is 20.1 Å². The predicted octanol–water partition coefficient (Wildman–Crippen LogP) is 3.34. The van der Waals surface area contributed by atoms with Gasteiger partial charge < -0.3 is 14.8 Å². The second-order valence-electron chi connectivity index (χ2n) is 4.81. The molecule has 0 bridgehead atoms. The maximum absolute atomic E-state index is 13.5. The molecule has 1 N–H and O–H groups in total. The molecule has 0 radical (unpaired) electrons. The van der Waals surface area contributed by atoms with Crippen molar-refractivity contribution in [1.82, 2.24) is 0 Å². The largest absolute Gasteiger partial charge is 0.497 e. The topological polar surface area (TPSA) is 47.6 Å². The normalized spacial score (nSPS) is 14.7. The number of anilines is 1. The fourth-order valence-corrected chi connectivity index (χ4v) is 2.41. The van der Waals surface area contributed by atoms with Crippen LogP contribution in [0.2, 0.25) is 0 Å². The molecule has 22 heavy (non-hydrogen) atoms. The molecule has 1 aliphatic heterocycles. The molecule has 0 aliphatic carbocycles. The van der Waals surface area contributed by atoms with Gasteiger partial charge in [0, 0.05) is 22.4 Å². The number of benzene rings is 2. The van der Waals surface area contributed by atoms with Crippen molar-refractivity contribution in [3.05, 3.63) is 53.3 Å². The van der Waals surface area contributed by atoms with E-state index < -0.39 is 5.82 Å². The van der Waals surface area contributed by atoms with E-state index in [0.29, 0.717) is 33.9 Å². The van der Waals surface area contributed by atoms with Gasteiger partial charge in [0.25, 0.3) is 5.91 Å². The zero-order valence-corrected chi connectivity index (χ0v) is 12.1. The van der Waals surface area contributed by atoms with Crippen molar-refractivity contribution in [3.63, 3.8) is 0 Å². The van der Waals surface area contributed by atoms with E-state index in [-0.39, 0.29) is 5.91 Å². The standard InChI is InChI=1S/C17H14FNO3/c1-21-12-4-6-16(22-2)10(7-12)8-14-13-9-11(18)3-5-15(13)19-17(14)20/h3-9H,1-2H3,(H,19,20)/b14-8+. The zero-order chi connectivity index (χ0) is 15.7. The first-order chi connectivity index (χ1) is 10.6. The Morgan fingerprint density at radius 2 is 1.91 bits per heavy atom. The number of carbonyl (C=O) groups excluding carboxylic acids is 1. The van der Waals surface area contributed by atoms with Gasteiger partial charge in [0.1, 0.15) is 17.3 Å². The molecule has 0 aromatic heterocycles. The highest BCUT2D eigenvalue weighted by molar-refractivity contribution is 6.35. The molecule has 0 atom stereocenters. The van der Waals surface area contributed by atoms with Gasteiger partial charge in [-0.05, 0) is 42.5 Å². The van der Waals surface area contributed by atoms with Crippen molar-refractivity contribution in [1.29, 1.82) is 0 Å². The zero-order valence-electron chi connectivity index (χ0n) is 12.1. The minimum atomic E-state index is -0.390. The predicted molar refractivity (Wildman–Crippen MR) is 82.4 cm³/mol. The third kappa shape index (κ3) is 2.41. The van der Waals surface area contributed by atoms with Gasteiger partial charge in [-0.3, -0.25) is 4.79 Å². The molecule has 112 valence electrons. The maximum atomic E-state index is 13.5. The summed E-state index contributed by atoms with van der Waals surface area (Å²) in [6.45, 7) is 0. The number of halogens is 1. The summed E-state index contributed by atoms with van der Waals surface area (Å²) in [6, 6.07) is 9.48. The lowest BCUT2D eigenvalue weighted by Gasteiger charge is -2.08. The van der Waals surface area contributed by atoms with Crippen LogP contribution >= 0.6 is 0 Å². The summed E-state index contributed by atoms with van der Waals surface area (Å²) in [5, 5.41) is 2.72. The fourth-order valence-electron chi connectivity index (χ4n) is 2.41. The fraction of sp³-hybridized carbons (Fsp3) is 0.118. The quantitative estimate of drug-likeness (QED) is 0.884. The van der Waals surface area contributed by atoms with Gasteiger partial charge in [-0.1, -0.05) is 0 Å². The van der Waals surface area contributed by atoms with Crippen molar-refractivity contribution in [3.8, 4) is 11.5 Å². The van der Waals surface area contributed by atoms with Gasteiger partial charge in [-0.2, -0.15) is 0 Å². The summed E-state index contributed by atoms with van der Waals surface area (Å²) in [7, 11) is 3.11. The number of carbonyl (C=O) groups is 1. The molecule has 0 saturated heterocycles. The van der Waals surface area contributed by atoms with Gasteiger partial charge in [-0.25, -0.2) is 4.39 Å². The summed E-state index contributed by atoms with van der Waals surface area (Å²) in [5.41, 5.74) is 2.21. The van der Waals surface area contributed by atoms with Crippen LogP contribution < -0.4 is 14.8 Å². The Balaban J connectivity index is 2.13. The van der Waals surface area contributed by atoms with Gasteiger partial charge in [0.15, 0.2) is 0 Å². The number of methoxy groups -OCH3 is 2. The highest BCUT2D eigenvalue weighted by Crippen LogP contribution is 2.35. The van der Waals surface area contributed by atoms with Crippen molar-refractivity contribution in [2.45, 2.75) is 0 Å². The molecule has 1 aliphatic rings. The first kappa shape index (κ1) is 14.1.